The van der Waals surface area contributed by atoms with Crippen LogP contribution in [0.2, 0.25) is 0 Å². The van der Waals surface area contributed by atoms with Crippen molar-refractivity contribution in [2.45, 2.75) is 12.3 Å². The van der Waals surface area contributed by atoms with Crippen LogP contribution < -0.4 is 5.32 Å². The number of aromatic nitrogens is 1. The lowest BCUT2D eigenvalue weighted by Gasteiger charge is -2.25. The molecule has 0 unspecified atom stereocenters. The Morgan fingerprint density at radius 1 is 1.21 bits per heavy atom. The first-order valence-electron chi connectivity index (χ1n) is 7.52. The molecule has 0 radical (unpaired) electrons. The number of fused-ring (bicyclic) bond motifs is 1. The van der Waals surface area contributed by atoms with E-state index in [-0.39, 0.29) is 17.4 Å². The number of carboxylic acid groups (broad SMARTS) is 1. The Balaban J connectivity index is 1.98. The molecule has 1 aliphatic rings. The summed E-state index contributed by atoms with van der Waals surface area (Å²) in [6, 6.07) is 13.5. The number of benzene rings is 1. The lowest BCUT2D eigenvalue weighted by molar-refractivity contribution is -0.116. The molecule has 3 heterocycles. The number of thiophene rings is 1. The van der Waals surface area contributed by atoms with Crippen LogP contribution in [0.3, 0.4) is 0 Å². The van der Waals surface area contributed by atoms with Crippen LogP contribution in [0.25, 0.3) is 5.69 Å². The van der Waals surface area contributed by atoms with E-state index in [0.717, 1.165) is 16.3 Å². The van der Waals surface area contributed by atoms with Crippen molar-refractivity contribution in [3.63, 3.8) is 0 Å². The van der Waals surface area contributed by atoms with Crippen molar-refractivity contribution in [3.05, 3.63) is 70.2 Å². The lowest BCUT2D eigenvalue weighted by atomic mass is 9.93. The normalized spacial score (nSPS) is 16.5. The maximum absolute atomic E-state index is 12.1. The molecule has 6 heteroatoms. The summed E-state index contributed by atoms with van der Waals surface area (Å²) in [6.45, 7) is 0. The second-order valence-electron chi connectivity index (χ2n) is 5.63. The third-order valence-corrected chi connectivity index (χ3v) is 5.16. The molecule has 0 saturated carbocycles. The van der Waals surface area contributed by atoms with E-state index in [0.29, 0.717) is 12.1 Å². The van der Waals surface area contributed by atoms with Crippen molar-refractivity contribution in [1.29, 1.82) is 0 Å². The first-order valence-corrected chi connectivity index (χ1v) is 8.40. The number of hydrogen-bond acceptors (Lipinski definition) is 3. The zero-order valence-electron chi connectivity index (χ0n) is 12.6. The number of amides is 1. The average molecular weight is 338 g/mol. The quantitative estimate of drug-likeness (QED) is 0.765. The van der Waals surface area contributed by atoms with E-state index >= 15 is 0 Å². The van der Waals surface area contributed by atoms with E-state index < -0.39 is 5.97 Å². The SMILES string of the molecule is O=C1C[C@@H](c2cccs2)c2c(c(C(=O)O)cn2-c2ccccc2)N1. The van der Waals surface area contributed by atoms with Gasteiger partial charge in [-0.1, -0.05) is 24.3 Å². The monoisotopic (exact) mass is 338 g/mol. The minimum atomic E-state index is -1.05. The lowest BCUT2D eigenvalue weighted by Crippen LogP contribution is -2.25. The van der Waals surface area contributed by atoms with Crippen LogP contribution in [0.1, 0.15) is 33.3 Å². The summed E-state index contributed by atoms with van der Waals surface area (Å²) in [5.41, 5.74) is 2.21. The van der Waals surface area contributed by atoms with Gasteiger partial charge in [-0.2, -0.15) is 0 Å². The van der Waals surface area contributed by atoms with Crippen LogP contribution >= 0.6 is 11.3 Å². The van der Waals surface area contributed by atoms with E-state index in [9.17, 15) is 14.7 Å². The molecule has 0 spiro atoms. The standard InChI is InChI=1S/C18H14N2O3S/c21-15-9-12(14-7-4-8-24-14)17-16(19-15)13(18(22)23)10-20(17)11-5-2-1-3-6-11/h1-8,10,12H,9H2,(H,19,21)(H,22,23)/t12-/m0/s1. The second kappa shape index (κ2) is 5.65. The van der Waals surface area contributed by atoms with Crippen LogP contribution in [0.4, 0.5) is 5.69 Å². The Morgan fingerprint density at radius 3 is 2.67 bits per heavy atom. The Kier molecular flexibility index (Phi) is 3.46. The minimum absolute atomic E-state index is 0.114. The predicted molar refractivity (Wildman–Crippen MR) is 92.1 cm³/mol. The molecule has 4 rings (SSSR count). The van der Waals surface area contributed by atoms with E-state index in [1.165, 1.54) is 0 Å². The maximum atomic E-state index is 12.1. The molecule has 1 atom stereocenters. The molecular weight excluding hydrogens is 324 g/mol. The number of nitrogens with zero attached hydrogens (tertiary/aromatic N) is 1. The molecule has 0 aliphatic carbocycles. The number of carboxylic acids is 1. The number of hydrogen-bond donors (Lipinski definition) is 2. The van der Waals surface area contributed by atoms with Crippen molar-refractivity contribution in [1.82, 2.24) is 4.57 Å². The Bertz CT molecular complexity index is 913. The van der Waals surface area contributed by atoms with Crippen LogP contribution in [-0.2, 0) is 4.79 Å². The van der Waals surface area contributed by atoms with E-state index in [1.807, 2.05) is 52.4 Å². The van der Waals surface area contributed by atoms with Gasteiger partial charge >= 0.3 is 5.97 Å². The number of anilines is 1. The highest BCUT2D eigenvalue weighted by atomic mass is 32.1. The van der Waals surface area contributed by atoms with Gasteiger partial charge in [-0.15, -0.1) is 11.3 Å². The van der Waals surface area contributed by atoms with E-state index in [4.69, 9.17) is 0 Å². The summed E-state index contributed by atoms with van der Waals surface area (Å²) in [6.07, 6.45) is 1.90. The molecule has 120 valence electrons. The van der Waals surface area contributed by atoms with Gasteiger partial charge in [-0.05, 0) is 23.6 Å². The summed E-state index contributed by atoms with van der Waals surface area (Å²) in [4.78, 5) is 24.9. The number of para-hydroxylation sites is 1. The summed E-state index contributed by atoms with van der Waals surface area (Å²) in [5, 5.41) is 14.3. The van der Waals surface area contributed by atoms with Crippen molar-refractivity contribution in [2.75, 3.05) is 5.32 Å². The van der Waals surface area contributed by atoms with Gasteiger partial charge in [0.15, 0.2) is 0 Å². The maximum Gasteiger partial charge on any atom is 0.339 e. The van der Waals surface area contributed by atoms with Gasteiger partial charge in [0, 0.05) is 29.1 Å². The Hall–Kier alpha value is -2.86. The molecule has 1 aliphatic heterocycles. The zero-order chi connectivity index (χ0) is 16.7. The highest BCUT2D eigenvalue weighted by molar-refractivity contribution is 7.10. The third-order valence-electron chi connectivity index (χ3n) is 4.18. The molecular formula is C18H14N2O3S. The van der Waals surface area contributed by atoms with Gasteiger partial charge in [0.05, 0.1) is 11.4 Å². The van der Waals surface area contributed by atoms with E-state index in [1.54, 1.807) is 17.5 Å². The van der Waals surface area contributed by atoms with Gasteiger partial charge in [-0.3, -0.25) is 4.79 Å². The fourth-order valence-corrected chi connectivity index (χ4v) is 3.99. The predicted octanol–water partition coefficient (Wildman–Crippen LogP) is 3.71. The summed E-state index contributed by atoms with van der Waals surface area (Å²) in [7, 11) is 0. The number of nitrogens with one attached hydrogen (secondary N) is 1. The van der Waals surface area contributed by atoms with Crippen molar-refractivity contribution in [3.8, 4) is 5.69 Å². The molecule has 0 bridgehead atoms. The number of rotatable bonds is 3. The van der Waals surface area contributed by atoms with Crippen LogP contribution in [0, 0.1) is 0 Å². The zero-order valence-corrected chi connectivity index (χ0v) is 13.4. The first-order chi connectivity index (χ1) is 11.6. The molecule has 0 saturated heterocycles. The summed E-state index contributed by atoms with van der Waals surface area (Å²) >= 11 is 1.58. The second-order valence-corrected chi connectivity index (χ2v) is 6.61. The smallest absolute Gasteiger partial charge is 0.339 e. The first kappa shape index (κ1) is 14.7. The Labute approximate surface area is 142 Å². The van der Waals surface area contributed by atoms with E-state index in [2.05, 4.69) is 5.32 Å². The Morgan fingerprint density at radius 2 is 2.00 bits per heavy atom. The molecule has 1 aromatic carbocycles. The molecule has 5 nitrogen and oxygen atoms in total. The summed E-state index contributed by atoms with van der Waals surface area (Å²) in [5.74, 6) is -1.36. The fourth-order valence-electron chi connectivity index (χ4n) is 3.16. The van der Waals surface area contributed by atoms with Gasteiger partial charge in [0.25, 0.3) is 0 Å². The molecule has 2 aromatic heterocycles. The third kappa shape index (κ3) is 2.32. The number of carbonyl (C=O) groups excluding carboxylic acids is 1. The molecule has 24 heavy (non-hydrogen) atoms. The highest BCUT2D eigenvalue weighted by Gasteiger charge is 2.34. The summed E-state index contributed by atoms with van der Waals surface area (Å²) < 4.78 is 1.88. The van der Waals surface area contributed by atoms with Crippen molar-refractivity contribution >= 4 is 28.9 Å². The largest absolute Gasteiger partial charge is 0.478 e. The van der Waals surface area contributed by atoms with Crippen molar-refractivity contribution in [2.24, 2.45) is 0 Å². The highest BCUT2D eigenvalue weighted by Crippen LogP contribution is 2.42. The van der Waals surface area contributed by atoms with Gasteiger partial charge in [0.1, 0.15) is 5.56 Å². The molecule has 2 N–H and O–H groups in total. The fraction of sp³-hybridized carbons (Fsp3) is 0.111. The average Bonchev–Trinajstić information content (AvgIpc) is 3.22. The minimum Gasteiger partial charge on any atom is -0.478 e. The van der Waals surface area contributed by atoms with Crippen LogP contribution in [-0.4, -0.2) is 21.6 Å². The van der Waals surface area contributed by atoms with Crippen molar-refractivity contribution < 1.29 is 14.7 Å². The molecule has 3 aromatic rings. The van der Waals surface area contributed by atoms with Gasteiger partial charge in [0.2, 0.25) is 5.91 Å². The molecule has 1 amide bonds. The number of carbonyl (C=O) groups is 2. The molecule has 0 fully saturated rings. The van der Waals surface area contributed by atoms with Crippen LogP contribution in [0.5, 0.6) is 0 Å². The van der Waals surface area contributed by atoms with Crippen LogP contribution in [0.15, 0.2) is 54.0 Å². The van der Waals surface area contributed by atoms with Gasteiger partial charge in [-0.25, -0.2) is 4.79 Å². The number of aromatic carboxylic acids is 1. The van der Waals surface area contributed by atoms with Gasteiger partial charge < -0.3 is 15.0 Å². The topological polar surface area (TPSA) is 71.3 Å².